The fourth-order valence-electron chi connectivity index (χ4n) is 4.02. The highest BCUT2D eigenvalue weighted by molar-refractivity contribution is 5.83. The van der Waals surface area contributed by atoms with Crippen molar-refractivity contribution in [3.63, 3.8) is 0 Å². The van der Waals surface area contributed by atoms with Gasteiger partial charge < -0.3 is 40.0 Å². The molecule has 6 N–H and O–H groups in total. The molecular formula is C27H38N2O7. The van der Waals surface area contributed by atoms with Crippen molar-refractivity contribution in [2.75, 3.05) is 19.8 Å². The number of aliphatic hydroxyl groups excluding tert-OH is 2. The lowest BCUT2D eigenvalue weighted by Crippen LogP contribution is -2.58. The van der Waals surface area contributed by atoms with Crippen LogP contribution in [-0.4, -0.2) is 53.2 Å². The number of hydrogen-bond acceptors (Lipinski definition) is 9. The first kappa shape index (κ1) is 27.7. The molecular weight excluding hydrogens is 464 g/mol. The minimum absolute atomic E-state index is 0.00896. The van der Waals surface area contributed by atoms with Crippen LogP contribution in [0.4, 0.5) is 0 Å². The average Bonchev–Trinajstić information content (AvgIpc) is 3.40. The molecule has 2 heterocycles. The van der Waals surface area contributed by atoms with E-state index < -0.39 is 28.6 Å². The Morgan fingerprint density at radius 2 is 1.72 bits per heavy atom. The van der Waals surface area contributed by atoms with Crippen LogP contribution in [0, 0.1) is 5.41 Å². The van der Waals surface area contributed by atoms with Gasteiger partial charge in [-0.25, -0.2) is 0 Å². The lowest BCUT2D eigenvalue weighted by Gasteiger charge is -2.43. The van der Waals surface area contributed by atoms with E-state index in [4.69, 9.17) is 34.9 Å². The molecule has 0 radical (unpaired) electrons. The van der Waals surface area contributed by atoms with Crippen LogP contribution in [0.25, 0.3) is 22.5 Å². The van der Waals surface area contributed by atoms with Crippen LogP contribution in [-0.2, 0) is 16.0 Å². The van der Waals surface area contributed by atoms with Gasteiger partial charge in [-0.05, 0) is 71.4 Å². The largest absolute Gasteiger partial charge is 0.491 e. The first-order chi connectivity index (χ1) is 16.7. The molecule has 0 spiro atoms. The summed E-state index contributed by atoms with van der Waals surface area (Å²) in [4.78, 5) is 12.9. The molecule has 0 amide bonds. The van der Waals surface area contributed by atoms with E-state index in [1.807, 2.05) is 26.0 Å². The van der Waals surface area contributed by atoms with Gasteiger partial charge in [0.1, 0.15) is 36.4 Å². The van der Waals surface area contributed by atoms with Gasteiger partial charge in [0.2, 0.25) is 0 Å². The van der Waals surface area contributed by atoms with E-state index in [0.29, 0.717) is 41.5 Å². The van der Waals surface area contributed by atoms with Gasteiger partial charge in [0.15, 0.2) is 11.5 Å². The first-order valence-electron chi connectivity index (χ1n) is 12.0. The summed E-state index contributed by atoms with van der Waals surface area (Å²) in [6.45, 7) is 8.59. The van der Waals surface area contributed by atoms with Crippen molar-refractivity contribution in [3.8, 4) is 17.3 Å². The number of rotatable bonds is 12. The van der Waals surface area contributed by atoms with Crippen LogP contribution in [0.2, 0.25) is 0 Å². The molecule has 0 saturated heterocycles. The Labute approximate surface area is 211 Å². The number of nitrogens with two attached hydrogens (primary N) is 2. The van der Waals surface area contributed by atoms with Crippen LogP contribution in [0.1, 0.15) is 46.8 Å². The van der Waals surface area contributed by atoms with E-state index in [0.717, 1.165) is 5.39 Å². The van der Waals surface area contributed by atoms with Crippen molar-refractivity contribution < 1.29 is 33.3 Å². The highest BCUT2D eigenvalue weighted by atomic mass is 16.5. The minimum atomic E-state index is -1.04. The van der Waals surface area contributed by atoms with Crippen molar-refractivity contribution in [3.05, 3.63) is 42.2 Å². The van der Waals surface area contributed by atoms with Gasteiger partial charge in [-0.15, -0.1) is 0 Å². The van der Waals surface area contributed by atoms with Gasteiger partial charge in [0.05, 0.1) is 12.0 Å². The Balaban J connectivity index is 1.59. The van der Waals surface area contributed by atoms with Crippen LogP contribution in [0.3, 0.4) is 0 Å². The number of benzene rings is 1. The summed E-state index contributed by atoms with van der Waals surface area (Å²) >= 11 is 0. The smallest absolute Gasteiger partial charge is 0.313 e. The zero-order chi connectivity index (χ0) is 26.7. The van der Waals surface area contributed by atoms with Crippen molar-refractivity contribution in [2.24, 2.45) is 16.9 Å². The molecule has 36 heavy (non-hydrogen) atoms. The molecule has 0 aliphatic carbocycles. The van der Waals surface area contributed by atoms with Crippen LogP contribution in [0.15, 0.2) is 45.2 Å². The summed E-state index contributed by atoms with van der Waals surface area (Å²) < 4.78 is 22.7. The fraction of sp³-hybridized carbons (Fsp3) is 0.519. The second kappa shape index (κ2) is 10.6. The minimum Gasteiger partial charge on any atom is -0.491 e. The van der Waals surface area contributed by atoms with Gasteiger partial charge in [0, 0.05) is 29.0 Å². The summed E-state index contributed by atoms with van der Waals surface area (Å²) in [7, 11) is 0. The summed E-state index contributed by atoms with van der Waals surface area (Å²) in [5, 5.41) is 20.3. The van der Waals surface area contributed by atoms with Crippen LogP contribution >= 0.6 is 0 Å². The quantitative estimate of drug-likeness (QED) is 0.273. The molecule has 0 aliphatic rings. The molecule has 198 valence electrons. The average molecular weight is 503 g/mol. The number of aliphatic hydroxyl groups is 2. The van der Waals surface area contributed by atoms with E-state index in [-0.39, 0.29) is 19.8 Å². The molecule has 2 unspecified atom stereocenters. The zero-order valence-electron chi connectivity index (χ0n) is 21.7. The van der Waals surface area contributed by atoms with Gasteiger partial charge in [0.25, 0.3) is 0 Å². The highest BCUT2D eigenvalue weighted by Crippen LogP contribution is 2.38. The van der Waals surface area contributed by atoms with E-state index in [2.05, 4.69) is 0 Å². The zero-order valence-corrected chi connectivity index (χ0v) is 21.7. The standard InChI is InChI=1S/C27H38N2O7/c1-25(2,28)16-27(5,26(3,4)29)24(32)34-15-18(31)14-33-20-7-6-17-12-23(36-22(17)13-20)21-9-8-19(35-21)10-11-30/h6-9,12-13,18,30-31H,10-11,14-16,28-29H2,1-5H3. The number of carbonyl (C=O) groups excluding carboxylic acids is 1. The third-order valence-electron chi connectivity index (χ3n) is 6.29. The van der Waals surface area contributed by atoms with Crippen molar-refractivity contribution in [1.29, 1.82) is 0 Å². The molecule has 2 aromatic heterocycles. The number of esters is 1. The van der Waals surface area contributed by atoms with Crippen molar-refractivity contribution in [1.82, 2.24) is 0 Å². The molecule has 0 aliphatic heterocycles. The molecule has 0 bridgehead atoms. The summed E-state index contributed by atoms with van der Waals surface area (Å²) in [6, 6.07) is 10.8. The molecule has 0 fully saturated rings. The third-order valence-corrected chi connectivity index (χ3v) is 6.29. The predicted octanol–water partition coefficient (Wildman–Crippen LogP) is 3.38. The molecule has 3 rings (SSSR count). The summed E-state index contributed by atoms with van der Waals surface area (Å²) in [6.07, 6.45) is -0.286. The van der Waals surface area contributed by atoms with Crippen molar-refractivity contribution >= 4 is 16.9 Å². The second-order valence-electron chi connectivity index (χ2n) is 10.8. The van der Waals surface area contributed by atoms with Crippen LogP contribution < -0.4 is 16.2 Å². The van der Waals surface area contributed by atoms with E-state index in [1.165, 1.54) is 0 Å². The maximum Gasteiger partial charge on any atom is 0.313 e. The SMILES string of the molecule is CC(C)(N)CC(C)(C(=O)OCC(O)COc1ccc2cc(-c3ccc(CCO)o3)oc2c1)C(C)(C)N. The topological polar surface area (TPSA) is 154 Å². The number of carbonyl (C=O) groups is 1. The monoisotopic (exact) mass is 502 g/mol. The normalized spacial score (nSPS) is 15.0. The van der Waals surface area contributed by atoms with Crippen LogP contribution in [0.5, 0.6) is 5.75 Å². The summed E-state index contributed by atoms with van der Waals surface area (Å²) in [5.74, 6) is 1.78. The number of furan rings is 2. The highest BCUT2D eigenvalue weighted by Gasteiger charge is 2.48. The fourth-order valence-corrected chi connectivity index (χ4v) is 4.02. The molecule has 9 nitrogen and oxygen atoms in total. The molecule has 9 heteroatoms. The lowest BCUT2D eigenvalue weighted by molar-refractivity contribution is -0.163. The second-order valence-corrected chi connectivity index (χ2v) is 10.8. The Kier molecular flexibility index (Phi) is 8.20. The van der Waals surface area contributed by atoms with E-state index in [1.54, 1.807) is 45.0 Å². The predicted molar refractivity (Wildman–Crippen MR) is 136 cm³/mol. The summed E-state index contributed by atoms with van der Waals surface area (Å²) in [5.41, 5.74) is 10.5. The Bertz CT molecular complexity index is 1170. The third kappa shape index (κ3) is 6.67. The van der Waals surface area contributed by atoms with Crippen molar-refractivity contribution in [2.45, 2.75) is 64.6 Å². The first-order valence-corrected chi connectivity index (χ1v) is 12.0. The Morgan fingerprint density at radius 3 is 2.36 bits per heavy atom. The van der Waals surface area contributed by atoms with Gasteiger partial charge >= 0.3 is 5.97 Å². The molecule has 3 aromatic rings. The van der Waals surface area contributed by atoms with Gasteiger partial charge in [-0.3, -0.25) is 4.79 Å². The number of hydrogen-bond donors (Lipinski definition) is 4. The molecule has 2 atom stereocenters. The lowest BCUT2D eigenvalue weighted by atomic mass is 9.67. The van der Waals surface area contributed by atoms with Gasteiger partial charge in [-0.2, -0.15) is 0 Å². The maximum absolute atomic E-state index is 12.9. The number of ether oxygens (including phenoxy) is 2. The van der Waals surface area contributed by atoms with Gasteiger partial charge in [-0.1, -0.05) is 0 Å². The van der Waals surface area contributed by atoms with E-state index in [9.17, 15) is 9.90 Å². The number of fused-ring (bicyclic) bond motifs is 1. The molecule has 0 saturated carbocycles. The van der Waals surface area contributed by atoms with E-state index >= 15 is 0 Å². The maximum atomic E-state index is 12.9. The molecule has 1 aromatic carbocycles. The Hall–Kier alpha value is -2.85. The Morgan fingerprint density at radius 1 is 1.00 bits per heavy atom.